The van der Waals surface area contributed by atoms with Gasteiger partial charge in [-0.25, -0.2) is 0 Å². The van der Waals surface area contributed by atoms with Gasteiger partial charge in [0.1, 0.15) is 6.23 Å². The molecule has 1 unspecified atom stereocenters. The van der Waals surface area contributed by atoms with Gasteiger partial charge in [-0.2, -0.15) is 0 Å². The van der Waals surface area contributed by atoms with Gasteiger partial charge in [-0.15, -0.1) is 0 Å². The molecule has 0 bridgehead atoms. The monoisotopic (exact) mass is 104 g/mol. The minimum Gasteiger partial charge on any atom is -0.379 e. The molecule has 0 saturated heterocycles. The average Bonchev–Trinajstić information content (AvgIpc) is 1.61. The molecule has 3 nitrogen and oxygen atoms in total. The standard InChI is InChI=1S/C4H12N2O/c1-4(7)6-3-5-2/h4-7H,3H2,1-2H3. The Morgan fingerprint density at radius 2 is 2.29 bits per heavy atom. The minimum atomic E-state index is -0.410. The van der Waals surface area contributed by atoms with Crippen molar-refractivity contribution in [3.8, 4) is 0 Å². The molecule has 0 aromatic carbocycles. The van der Waals surface area contributed by atoms with Gasteiger partial charge in [0.2, 0.25) is 0 Å². The van der Waals surface area contributed by atoms with Crippen molar-refractivity contribution in [2.45, 2.75) is 13.2 Å². The van der Waals surface area contributed by atoms with Crippen molar-refractivity contribution < 1.29 is 5.11 Å². The van der Waals surface area contributed by atoms with Gasteiger partial charge in [0.15, 0.2) is 0 Å². The third kappa shape index (κ3) is 5.88. The zero-order valence-corrected chi connectivity index (χ0v) is 4.73. The Morgan fingerprint density at radius 3 is 2.43 bits per heavy atom. The van der Waals surface area contributed by atoms with Crippen LogP contribution >= 0.6 is 0 Å². The fourth-order valence-corrected chi connectivity index (χ4v) is 0.250. The lowest BCUT2D eigenvalue weighted by Gasteiger charge is -2.03. The summed E-state index contributed by atoms with van der Waals surface area (Å²) in [5.74, 6) is 0. The van der Waals surface area contributed by atoms with Crippen LogP contribution < -0.4 is 10.6 Å². The molecule has 1 atom stereocenters. The fourth-order valence-electron chi connectivity index (χ4n) is 0.250. The van der Waals surface area contributed by atoms with E-state index >= 15 is 0 Å². The van der Waals surface area contributed by atoms with Crippen LogP contribution in [0.4, 0.5) is 0 Å². The van der Waals surface area contributed by atoms with Crippen molar-refractivity contribution in [3.63, 3.8) is 0 Å². The molecule has 3 heteroatoms. The smallest absolute Gasteiger partial charge is 0.103 e. The predicted molar refractivity (Wildman–Crippen MR) is 28.7 cm³/mol. The van der Waals surface area contributed by atoms with Gasteiger partial charge >= 0.3 is 0 Å². The van der Waals surface area contributed by atoms with E-state index in [9.17, 15) is 0 Å². The lowest BCUT2D eigenvalue weighted by molar-refractivity contribution is 0.155. The Labute approximate surface area is 43.7 Å². The van der Waals surface area contributed by atoms with Gasteiger partial charge in [0, 0.05) is 6.67 Å². The molecule has 7 heavy (non-hydrogen) atoms. The molecule has 44 valence electrons. The molecule has 3 N–H and O–H groups in total. The second-order valence-electron chi connectivity index (χ2n) is 1.41. The Morgan fingerprint density at radius 1 is 1.71 bits per heavy atom. The minimum absolute atomic E-state index is 0.410. The highest BCUT2D eigenvalue weighted by Gasteiger charge is 1.86. The second-order valence-corrected chi connectivity index (χ2v) is 1.41. The predicted octanol–water partition coefficient (Wildman–Crippen LogP) is -0.909. The summed E-state index contributed by atoms with van der Waals surface area (Å²) in [4.78, 5) is 0. The highest BCUT2D eigenvalue weighted by molar-refractivity contribution is 4.38. The van der Waals surface area contributed by atoms with Crippen LogP contribution in [0.25, 0.3) is 0 Å². The van der Waals surface area contributed by atoms with Crippen molar-refractivity contribution in [1.29, 1.82) is 0 Å². The van der Waals surface area contributed by atoms with E-state index in [1.807, 2.05) is 7.05 Å². The molecule has 0 rings (SSSR count). The van der Waals surface area contributed by atoms with Crippen LogP contribution in [-0.2, 0) is 0 Å². The molecule has 0 aromatic rings. The van der Waals surface area contributed by atoms with Gasteiger partial charge in [-0.3, -0.25) is 5.32 Å². The first-order valence-electron chi connectivity index (χ1n) is 2.33. The number of aliphatic hydroxyl groups is 1. The maximum Gasteiger partial charge on any atom is 0.103 e. The zero-order chi connectivity index (χ0) is 5.70. The third-order valence-corrected chi connectivity index (χ3v) is 0.574. The summed E-state index contributed by atoms with van der Waals surface area (Å²) in [6.45, 7) is 2.33. The van der Waals surface area contributed by atoms with E-state index in [-0.39, 0.29) is 0 Å². The highest BCUT2D eigenvalue weighted by atomic mass is 16.3. The topological polar surface area (TPSA) is 44.3 Å². The zero-order valence-electron chi connectivity index (χ0n) is 4.73. The van der Waals surface area contributed by atoms with Gasteiger partial charge in [-0.05, 0) is 14.0 Å². The van der Waals surface area contributed by atoms with Crippen molar-refractivity contribution in [3.05, 3.63) is 0 Å². The van der Waals surface area contributed by atoms with Crippen molar-refractivity contribution >= 4 is 0 Å². The van der Waals surface area contributed by atoms with Crippen LogP contribution in [0.3, 0.4) is 0 Å². The molecular formula is C4H12N2O. The first-order valence-corrected chi connectivity index (χ1v) is 2.33. The SMILES string of the molecule is CNCNC(C)O. The average molecular weight is 104 g/mol. The fraction of sp³-hybridized carbons (Fsp3) is 1.00. The lowest BCUT2D eigenvalue weighted by Crippen LogP contribution is -2.33. The molecule has 0 aliphatic rings. The third-order valence-electron chi connectivity index (χ3n) is 0.574. The molecule has 0 aliphatic heterocycles. The van der Waals surface area contributed by atoms with Crippen LogP contribution in [0.1, 0.15) is 6.92 Å². The van der Waals surface area contributed by atoms with Crippen LogP contribution in [0, 0.1) is 0 Å². The largest absolute Gasteiger partial charge is 0.379 e. The van der Waals surface area contributed by atoms with Crippen LogP contribution in [-0.4, -0.2) is 25.1 Å². The quantitative estimate of drug-likeness (QED) is 0.406. The normalized spacial score (nSPS) is 14.1. The first kappa shape index (κ1) is 6.88. The molecular weight excluding hydrogens is 92.1 g/mol. The Kier molecular flexibility index (Phi) is 3.98. The molecule has 0 aliphatic carbocycles. The molecule has 0 spiro atoms. The number of nitrogens with one attached hydrogen (secondary N) is 2. The highest BCUT2D eigenvalue weighted by Crippen LogP contribution is 1.63. The summed E-state index contributed by atoms with van der Waals surface area (Å²) >= 11 is 0. The van der Waals surface area contributed by atoms with Crippen LogP contribution in [0.2, 0.25) is 0 Å². The summed E-state index contributed by atoms with van der Waals surface area (Å²) in [6.07, 6.45) is -0.410. The summed E-state index contributed by atoms with van der Waals surface area (Å²) in [7, 11) is 1.81. The number of hydrogen-bond donors (Lipinski definition) is 3. The Balaban J connectivity index is 2.68. The summed E-state index contributed by atoms with van der Waals surface area (Å²) in [5.41, 5.74) is 0. The van der Waals surface area contributed by atoms with Gasteiger partial charge in [0.05, 0.1) is 0 Å². The van der Waals surface area contributed by atoms with Gasteiger partial charge in [-0.1, -0.05) is 0 Å². The van der Waals surface area contributed by atoms with Crippen molar-refractivity contribution in [1.82, 2.24) is 10.6 Å². The molecule has 0 saturated carbocycles. The van der Waals surface area contributed by atoms with E-state index in [4.69, 9.17) is 5.11 Å². The molecule has 0 radical (unpaired) electrons. The van der Waals surface area contributed by atoms with Crippen LogP contribution in [0.15, 0.2) is 0 Å². The first-order chi connectivity index (χ1) is 3.27. The maximum atomic E-state index is 8.53. The molecule has 0 aromatic heterocycles. The van der Waals surface area contributed by atoms with Gasteiger partial charge in [0.25, 0.3) is 0 Å². The van der Waals surface area contributed by atoms with E-state index in [0.717, 1.165) is 0 Å². The lowest BCUT2D eigenvalue weighted by atomic mass is 10.7. The number of rotatable bonds is 3. The maximum absolute atomic E-state index is 8.53. The van der Waals surface area contributed by atoms with E-state index in [1.54, 1.807) is 6.92 Å². The molecule has 0 amide bonds. The van der Waals surface area contributed by atoms with E-state index in [1.165, 1.54) is 0 Å². The Hall–Kier alpha value is -0.120. The number of aliphatic hydroxyl groups excluding tert-OH is 1. The van der Waals surface area contributed by atoms with E-state index in [0.29, 0.717) is 6.67 Å². The molecule has 0 heterocycles. The molecule has 0 fully saturated rings. The number of hydrogen-bond acceptors (Lipinski definition) is 3. The van der Waals surface area contributed by atoms with Crippen molar-refractivity contribution in [2.75, 3.05) is 13.7 Å². The second kappa shape index (κ2) is 4.05. The van der Waals surface area contributed by atoms with Gasteiger partial charge < -0.3 is 10.4 Å². The Bertz CT molecular complexity index is 38.7. The van der Waals surface area contributed by atoms with Crippen LogP contribution in [0.5, 0.6) is 0 Å². The summed E-state index contributed by atoms with van der Waals surface area (Å²) in [6, 6.07) is 0. The van der Waals surface area contributed by atoms with E-state index in [2.05, 4.69) is 10.6 Å². The van der Waals surface area contributed by atoms with Crippen molar-refractivity contribution in [2.24, 2.45) is 0 Å². The summed E-state index contributed by atoms with van der Waals surface area (Å²) in [5, 5.41) is 14.1. The summed E-state index contributed by atoms with van der Waals surface area (Å²) < 4.78 is 0. The van der Waals surface area contributed by atoms with E-state index < -0.39 is 6.23 Å².